The molecule has 0 saturated heterocycles. The number of ether oxygens (including phenoxy) is 1. The third-order valence-electron chi connectivity index (χ3n) is 8.15. The Labute approximate surface area is 209 Å². The Bertz CT molecular complexity index is 1020. The molecule has 0 radical (unpaired) electrons. The van der Waals surface area contributed by atoms with Gasteiger partial charge in [0.2, 0.25) is 0 Å². The van der Waals surface area contributed by atoms with Gasteiger partial charge in [-0.1, -0.05) is 57.2 Å². The van der Waals surface area contributed by atoms with Crippen LogP contribution in [0.1, 0.15) is 82.6 Å². The molecule has 4 atom stereocenters. The summed E-state index contributed by atoms with van der Waals surface area (Å²) < 4.78 is 84.1. The molecule has 2 fully saturated rings. The van der Waals surface area contributed by atoms with E-state index in [1.165, 1.54) is 63.5 Å². The first kappa shape index (κ1) is 26.9. The molecule has 36 heavy (non-hydrogen) atoms. The number of alkyl halides is 4. The first-order valence-corrected chi connectivity index (χ1v) is 13.1. The Morgan fingerprint density at radius 2 is 1.64 bits per heavy atom. The van der Waals surface area contributed by atoms with Crippen molar-refractivity contribution >= 4 is 0 Å². The molecule has 4 rings (SSSR count). The van der Waals surface area contributed by atoms with Gasteiger partial charge in [-0.2, -0.15) is 17.6 Å². The van der Waals surface area contributed by atoms with E-state index in [-0.39, 0.29) is 17.0 Å². The number of hydrogen-bond acceptors (Lipinski definition) is 1. The average Bonchev–Trinajstić information content (AvgIpc) is 2.85. The lowest BCUT2D eigenvalue weighted by Gasteiger charge is -2.42. The van der Waals surface area contributed by atoms with E-state index >= 15 is 4.39 Å². The molecule has 2 aromatic carbocycles. The van der Waals surface area contributed by atoms with Gasteiger partial charge in [0.15, 0.2) is 11.6 Å². The molecular weight excluding hydrogens is 478 g/mol. The van der Waals surface area contributed by atoms with Crippen LogP contribution in [0.25, 0.3) is 11.1 Å². The van der Waals surface area contributed by atoms with E-state index in [4.69, 9.17) is 0 Å². The molecular formula is C29H34F6O. The lowest BCUT2D eigenvalue weighted by molar-refractivity contribution is -0.254. The molecule has 0 N–H and O–H groups in total. The van der Waals surface area contributed by atoms with Gasteiger partial charge in [0.1, 0.15) is 5.82 Å². The monoisotopic (exact) mass is 512 g/mol. The summed E-state index contributed by atoms with van der Waals surface area (Å²) in [6.45, 7) is 2.24. The van der Waals surface area contributed by atoms with Crippen molar-refractivity contribution in [2.45, 2.75) is 89.6 Å². The van der Waals surface area contributed by atoms with Crippen molar-refractivity contribution in [1.29, 1.82) is 0 Å². The molecule has 1 nitrogen and oxygen atoms in total. The molecule has 7 heteroatoms. The van der Waals surface area contributed by atoms with E-state index in [9.17, 15) is 22.0 Å². The van der Waals surface area contributed by atoms with Crippen molar-refractivity contribution in [1.82, 2.24) is 0 Å². The summed E-state index contributed by atoms with van der Waals surface area (Å²) in [4.78, 5) is 0. The first-order chi connectivity index (χ1) is 17.2. The fourth-order valence-corrected chi connectivity index (χ4v) is 6.20. The molecule has 0 spiro atoms. The Kier molecular flexibility index (Phi) is 8.56. The van der Waals surface area contributed by atoms with E-state index in [0.717, 1.165) is 42.4 Å². The van der Waals surface area contributed by atoms with Crippen LogP contribution < -0.4 is 4.74 Å². The van der Waals surface area contributed by atoms with E-state index in [1.54, 1.807) is 6.07 Å². The van der Waals surface area contributed by atoms with Gasteiger partial charge >= 0.3 is 12.5 Å². The fourth-order valence-electron chi connectivity index (χ4n) is 6.20. The quantitative estimate of drug-likeness (QED) is 0.240. The minimum atomic E-state index is -4.82. The zero-order valence-corrected chi connectivity index (χ0v) is 20.6. The number of benzene rings is 2. The van der Waals surface area contributed by atoms with E-state index in [2.05, 4.69) is 11.7 Å². The summed E-state index contributed by atoms with van der Waals surface area (Å²) in [6, 6.07) is 7.73. The van der Waals surface area contributed by atoms with Crippen LogP contribution in [0.2, 0.25) is 0 Å². The summed E-state index contributed by atoms with van der Waals surface area (Å²) in [5.74, 6) is -0.215. The Morgan fingerprint density at radius 1 is 0.889 bits per heavy atom. The third-order valence-corrected chi connectivity index (χ3v) is 8.15. The van der Waals surface area contributed by atoms with Crippen LogP contribution in [0, 0.1) is 29.4 Å². The molecule has 0 aromatic heterocycles. The second-order valence-corrected chi connectivity index (χ2v) is 10.6. The van der Waals surface area contributed by atoms with Crippen molar-refractivity contribution in [2.24, 2.45) is 17.8 Å². The van der Waals surface area contributed by atoms with Crippen molar-refractivity contribution in [3.8, 4) is 16.9 Å². The van der Waals surface area contributed by atoms with Gasteiger partial charge in [-0.3, -0.25) is 0 Å². The van der Waals surface area contributed by atoms with E-state index in [0.29, 0.717) is 5.92 Å². The van der Waals surface area contributed by atoms with Crippen molar-refractivity contribution in [3.05, 3.63) is 53.6 Å². The van der Waals surface area contributed by atoms with Gasteiger partial charge in [-0.15, -0.1) is 0 Å². The normalized spacial score (nSPS) is 24.6. The number of hydrogen-bond donors (Lipinski definition) is 0. The van der Waals surface area contributed by atoms with Gasteiger partial charge in [-0.25, -0.2) is 8.78 Å². The molecule has 0 heterocycles. The highest BCUT2D eigenvalue weighted by atomic mass is 19.3. The molecule has 0 aliphatic heterocycles. The van der Waals surface area contributed by atoms with Crippen LogP contribution in [0.4, 0.5) is 26.3 Å². The number of halogens is 6. The smallest absolute Gasteiger partial charge is 0.425 e. The van der Waals surface area contributed by atoms with E-state index < -0.39 is 29.9 Å². The van der Waals surface area contributed by atoms with Gasteiger partial charge in [0.05, 0.1) is 0 Å². The maximum absolute atomic E-state index is 15.1. The summed E-state index contributed by atoms with van der Waals surface area (Å²) in [6.07, 6.45) is 3.44. The summed E-state index contributed by atoms with van der Waals surface area (Å²) in [5, 5.41) is 0. The molecule has 2 aliphatic rings. The van der Waals surface area contributed by atoms with Gasteiger partial charge in [-0.05, 0) is 85.1 Å². The maximum Gasteiger partial charge on any atom is 0.461 e. The number of rotatable bonds is 9. The Hall–Kier alpha value is -2.18. The van der Waals surface area contributed by atoms with Gasteiger partial charge in [0, 0.05) is 5.56 Å². The third kappa shape index (κ3) is 6.20. The molecule has 1 unspecified atom stereocenters. The minimum absolute atomic E-state index is 0.117. The maximum atomic E-state index is 15.1. The first-order valence-electron chi connectivity index (χ1n) is 13.1. The SMILES string of the molecule is CCCCCC1CC[C@@H]2C[C@H](c3ccc(-c4ccc(OC(F)(F)C(F)F)c(F)c4)c(F)c3)CC[C@@H]2C1. The highest BCUT2D eigenvalue weighted by Gasteiger charge is 2.44. The predicted molar refractivity (Wildman–Crippen MR) is 128 cm³/mol. The second kappa shape index (κ2) is 11.5. The van der Waals surface area contributed by atoms with Crippen LogP contribution in [0.15, 0.2) is 36.4 Å². The van der Waals surface area contributed by atoms with Crippen LogP contribution in [-0.4, -0.2) is 12.5 Å². The van der Waals surface area contributed by atoms with Gasteiger partial charge < -0.3 is 4.74 Å². The van der Waals surface area contributed by atoms with Crippen molar-refractivity contribution in [2.75, 3.05) is 0 Å². The molecule has 2 aromatic rings. The Balaban J connectivity index is 1.40. The number of unbranched alkanes of at least 4 members (excludes halogenated alkanes) is 2. The average molecular weight is 513 g/mol. The second-order valence-electron chi connectivity index (χ2n) is 10.6. The zero-order chi connectivity index (χ0) is 25.9. The van der Waals surface area contributed by atoms with Crippen LogP contribution in [-0.2, 0) is 0 Å². The topological polar surface area (TPSA) is 9.23 Å². The highest BCUT2D eigenvalue weighted by molar-refractivity contribution is 5.65. The van der Waals surface area contributed by atoms with Gasteiger partial charge in [0.25, 0.3) is 0 Å². The largest absolute Gasteiger partial charge is 0.461 e. The summed E-state index contributed by atoms with van der Waals surface area (Å²) >= 11 is 0. The molecule has 2 saturated carbocycles. The minimum Gasteiger partial charge on any atom is -0.425 e. The van der Waals surface area contributed by atoms with Crippen molar-refractivity contribution < 1.29 is 31.1 Å². The van der Waals surface area contributed by atoms with Crippen molar-refractivity contribution in [3.63, 3.8) is 0 Å². The molecule has 0 bridgehead atoms. The molecule has 0 amide bonds. The Morgan fingerprint density at radius 3 is 2.33 bits per heavy atom. The lowest BCUT2D eigenvalue weighted by atomic mass is 9.63. The summed E-state index contributed by atoms with van der Waals surface area (Å²) in [5.41, 5.74) is 1.16. The predicted octanol–water partition coefficient (Wildman–Crippen LogP) is 9.75. The standard InChI is InChI=1S/C29H34F6O/c1-2-3-4-5-18-6-7-20-15-21(9-8-19(20)14-18)22-10-12-24(25(30)16-22)23-11-13-27(26(31)17-23)36-29(34,35)28(32)33/h10-13,16-21,28H,2-9,14-15H2,1H3/t18?,19-,20-,21-/m1/s1. The molecule has 2 aliphatic carbocycles. The fraction of sp³-hybridized carbons (Fsp3) is 0.586. The molecule has 198 valence electrons. The van der Waals surface area contributed by atoms with E-state index in [1.807, 2.05) is 6.07 Å². The van der Waals surface area contributed by atoms with Crippen LogP contribution >= 0.6 is 0 Å². The summed E-state index contributed by atoms with van der Waals surface area (Å²) in [7, 11) is 0. The van der Waals surface area contributed by atoms with Crippen LogP contribution in [0.5, 0.6) is 5.75 Å². The lowest BCUT2D eigenvalue weighted by Crippen LogP contribution is -2.33. The number of fused-ring (bicyclic) bond motifs is 1. The zero-order valence-electron chi connectivity index (χ0n) is 20.6. The van der Waals surface area contributed by atoms with Crippen LogP contribution in [0.3, 0.4) is 0 Å². The highest BCUT2D eigenvalue weighted by Crippen LogP contribution is 2.48.